The van der Waals surface area contributed by atoms with Gasteiger partial charge >= 0.3 is 0 Å². The molecule has 106 valence electrons. The second kappa shape index (κ2) is 6.69. The number of likely N-dealkylation sites (N-methyl/N-ethyl adjacent to an activating group) is 1. The van der Waals surface area contributed by atoms with Crippen LogP contribution in [0.2, 0.25) is 0 Å². The first kappa shape index (κ1) is 14.8. The Morgan fingerprint density at radius 3 is 2.25 bits per heavy atom. The molecule has 2 aromatic rings. The average Bonchev–Trinajstić information content (AvgIpc) is 2.44. The number of aryl methyl sites for hydroxylation is 2. The Hall–Kier alpha value is -1.64. The summed E-state index contributed by atoms with van der Waals surface area (Å²) in [5.74, 6) is 0. The molecule has 0 aliphatic carbocycles. The molecule has 0 spiro atoms. The smallest absolute Gasteiger partial charge is 0.0470 e. The molecule has 0 saturated heterocycles. The van der Waals surface area contributed by atoms with Gasteiger partial charge in [0.25, 0.3) is 0 Å². The van der Waals surface area contributed by atoms with Crippen LogP contribution < -0.4 is 5.73 Å². The Morgan fingerprint density at radius 2 is 1.65 bits per heavy atom. The molecule has 2 nitrogen and oxygen atoms in total. The van der Waals surface area contributed by atoms with Gasteiger partial charge in [0.1, 0.15) is 0 Å². The SMILES string of the molecule is Cc1ccc(C(CN)N(C)Cc2ccccc2C)cc1. The van der Waals surface area contributed by atoms with Gasteiger partial charge in [-0.3, -0.25) is 4.90 Å². The molecule has 1 atom stereocenters. The van der Waals surface area contributed by atoms with Gasteiger partial charge in [-0.2, -0.15) is 0 Å². The zero-order valence-electron chi connectivity index (χ0n) is 12.6. The van der Waals surface area contributed by atoms with Gasteiger partial charge in [-0.15, -0.1) is 0 Å². The lowest BCUT2D eigenvalue weighted by atomic mass is 10.0. The number of nitrogens with two attached hydrogens (primary N) is 1. The molecule has 2 rings (SSSR count). The highest BCUT2D eigenvalue weighted by Gasteiger charge is 2.16. The number of benzene rings is 2. The van der Waals surface area contributed by atoms with Gasteiger partial charge in [0.15, 0.2) is 0 Å². The van der Waals surface area contributed by atoms with E-state index in [1.165, 1.54) is 22.3 Å². The van der Waals surface area contributed by atoms with E-state index in [0.29, 0.717) is 6.54 Å². The third kappa shape index (κ3) is 3.47. The molecule has 0 saturated carbocycles. The number of nitrogens with zero attached hydrogens (tertiary/aromatic N) is 1. The molecule has 2 heteroatoms. The molecule has 0 amide bonds. The molecule has 0 aliphatic heterocycles. The van der Waals surface area contributed by atoms with Crippen LogP contribution in [0.5, 0.6) is 0 Å². The van der Waals surface area contributed by atoms with Crippen LogP contribution in [-0.4, -0.2) is 18.5 Å². The summed E-state index contributed by atoms with van der Waals surface area (Å²) in [5, 5.41) is 0. The van der Waals surface area contributed by atoms with Crippen LogP contribution in [0, 0.1) is 13.8 Å². The van der Waals surface area contributed by atoms with E-state index in [4.69, 9.17) is 5.73 Å². The zero-order chi connectivity index (χ0) is 14.5. The van der Waals surface area contributed by atoms with Crippen LogP contribution in [0.3, 0.4) is 0 Å². The van der Waals surface area contributed by atoms with Gasteiger partial charge in [0.2, 0.25) is 0 Å². The first-order valence-electron chi connectivity index (χ1n) is 7.13. The molecule has 0 aromatic heterocycles. The highest BCUT2D eigenvalue weighted by atomic mass is 15.1. The predicted octanol–water partition coefficient (Wildman–Crippen LogP) is 3.44. The summed E-state index contributed by atoms with van der Waals surface area (Å²) >= 11 is 0. The van der Waals surface area contributed by atoms with Crippen molar-refractivity contribution < 1.29 is 0 Å². The second-order valence-corrected chi connectivity index (χ2v) is 5.50. The topological polar surface area (TPSA) is 29.3 Å². The molecule has 0 bridgehead atoms. The molecular formula is C18H24N2. The van der Waals surface area contributed by atoms with Gasteiger partial charge in [-0.1, -0.05) is 54.1 Å². The van der Waals surface area contributed by atoms with Crippen LogP contribution in [0.4, 0.5) is 0 Å². The minimum atomic E-state index is 0.259. The van der Waals surface area contributed by atoms with Crippen LogP contribution in [0.15, 0.2) is 48.5 Å². The van der Waals surface area contributed by atoms with Crippen molar-refractivity contribution in [2.75, 3.05) is 13.6 Å². The van der Waals surface area contributed by atoms with E-state index in [2.05, 4.69) is 74.3 Å². The Bertz CT molecular complexity index is 546. The lowest BCUT2D eigenvalue weighted by molar-refractivity contribution is 0.241. The maximum atomic E-state index is 5.99. The van der Waals surface area contributed by atoms with Crippen molar-refractivity contribution in [3.63, 3.8) is 0 Å². The number of rotatable bonds is 5. The van der Waals surface area contributed by atoms with Crippen LogP contribution in [0.1, 0.15) is 28.3 Å². The summed E-state index contributed by atoms with van der Waals surface area (Å²) < 4.78 is 0. The molecule has 0 aliphatic rings. The van der Waals surface area contributed by atoms with E-state index < -0.39 is 0 Å². The summed E-state index contributed by atoms with van der Waals surface area (Å²) in [7, 11) is 2.14. The third-order valence-corrected chi connectivity index (χ3v) is 3.90. The van der Waals surface area contributed by atoms with Crippen molar-refractivity contribution in [1.29, 1.82) is 0 Å². The van der Waals surface area contributed by atoms with E-state index in [-0.39, 0.29) is 6.04 Å². The van der Waals surface area contributed by atoms with Crippen LogP contribution >= 0.6 is 0 Å². The zero-order valence-corrected chi connectivity index (χ0v) is 12.6. The highest BCUT2D eigenvalue weighted by Crippen LogP contribution is 2.21. The van der Waals surface area contributed by atoms with Crippen LogP contribution in [0.25, 0.3) is 0 Å². The van der Waals surface area contributed by atoms with Gasteiger partial charge in [-0.05, 0) is 37.6 Å². The minimum absolute atomic E-state index is 0.259. The Kier molecular flexibility index (Phi) is 4.94. The quantitative estimate of drug-likeness (QED) is 0.900. The fourth-order valence-electron chi connectivity index (χ4n) is 2.53. The molecule has 2 N–H and O–H groups in total. The van der Waals surface area contributed by atoms with Crippen molar-refractivity contribution in [3.05, 3.63) is 70.8 Å². The van der Waals surface area contributed by atoms with E-state index >= 15 is 0 Å². The molecular weight excluding hydrogens is 244 g/mol. The fourth-order valence-corrected chi connectivity index (χ4v) is 2.53. The van der Waals surface area contributed by atoms with E-state index in [1.54, 1.807) is 0 Å². The van der Waals surface area contributed by atoms with Gasteiger partial charge in [-0.25, -0.2) is 0 Å². The monoisotopic (exact) mass is 268 g/mol. The van der Waals surface area contributed by atoms with E-state index in [0.717, 1.165) is 6.54 Å². The van der Waals surface area contributed by atoms with Crippen LogP contribution in [-0.2, 0) is 6.54 Å². The van der Waals surface area contributed by atoms with E-state index in [9.17, 15) is 0 Å². The Morgan fingerprint density at radius 1 is 1.00 bits per heavy atom. The van der Waals surface area contributed by atoms with Gasteiger partial charge < -0.3 is 5.73 Å². The lowest BCUT2D eigenvalue weighted by Crippen LogP contribution is -2.30. The van der Waals surface area contributed by atoms with Crippen molar-refractivity contribution in [3.8, 4) is 0 Å². The number of hydrogen-bond donors (Lipinski definition) is 1. The summed E-state index contributed by atoms with van der Waals surface area (Å²) in [6.07, 6.45) is 0. The van der Waals surface area contributed by atoms with Crippen molar-refractivity contribution in [2.45, 2.75) is 26.4 Å². The predicted molar refractivity (Wildman–Crippen MR) is 85.6 cm³/mol. The second-order valence-electron chi connectivity index (χ2n) is 5.50. The molecule has 0 heterocycles. The van der Waals surface area contributed by atoms with Crippen molar-refractivity contribution >= 4 is 0 Å². The third-order valence-electron chi connectivity index (χ3n) is 3.90. The van der Waals surface area contributed by atoms with E-state index in [1.807, 2.05) is 0 Å². The fraction of sp³-hybridized carbons (Fsp3) is 0.333. The molecule has 20 heavy (non-hydrogen) atoms. The van der Waals surface area contributed by atoms with Gasteiger partial charge in [0.05, 0.1) is 0 Å². The largest absolute Gasteiger partial charge is 0.329 e. The lowest BCUT2D eigenvalue weighted by Gasteiger charge is -2.28. The van der Waals surface area contributed by atoms with Crippen molar-refractivity contribution in [1.82, 2.24) is 4.90 Å². The highest BCUT2D eigenvalue weighted by molar-refractivity contribution is 5.27. The summed E-state index contributed by atoms with van der Waals surface area (Å²) in [5.41, 5.74) is 11.3. The average molecular weight is 268 g/mol. The maximum Gasteiger partial charge on any atom is 0.0470 e. The normalized spacial score (nSPS) is 12.7. The summed E-state index contributed by atoms with van der Waals surface area (Å²) in [4.78, 5) is 2.33. The maximum absolute atomic E-state index is 5.99. The molecule has 2 aromatic carbocycles. The molecule has 0 radical (unpaired) electrons. The van der Waals surface area contributed by atoms with Crippen molar-refractivity contribution in [2.24, 2.45) is 5.73 Å². The summed E-state index contributed by atoms with van der Waals surface area (Å²) in [6.45, 7) is 5.82. The standard InChI is InChI=1S/C18H24N2/c1-14-8-10-16(11-9-14)18(12-19)20(3)13-17-7-5-4-6-15(17)2/h4-11,18H,12-13,19H2,1-3H3. The minimum Gasteiger partial charge on any atom is -0.329 e. The Labute approximate surface area is 122 Å². The summed E-state index contributed by atoms with van der Waals surface area (Å²) in [6, 6.07) is 17.5. The molecule has 1 unspecified atom stereocenters. The van der Waals surface area contributed by atoms with Gasteiger partial charge in [0, 0.05) is 19.1 Å². The first-order chi connectivity index (χ1) is 9.61. The number of hydrogen-bond acceptors (Lipinski definition) is 2. The Balaban J connectivity index is 2.15. The first-order valence-corrected chi connectivity index (χ1v) is 7.13. The molecule has 0 fully saturated rings.